The van der Waals surface area contributed by atoms with Crippen molar-refractivity contribution < 1.29 is 19.4 Å². The maximum Gasteiger partial charge on any atom is 0.244 e. The van der Waals surface area contributed by atoms with Crippen molar-refractivity contribution in [3.8, 4) is 11.5 Å². The number of aliphatic hydroxyl groups is 1. The number of hydrogen-bond donors (Lipinski definition) is 3. The first-order chi connectivity index (χ1) is 13.1. The van der Waals surface area contributed by atoms with Crippen LogP contribution in [0.5, 0.6) is 11.5 Å². The standard InChI is InChI=1S/C19H20N4O4/c1-12(24)9-20-19-22-14-4-2-3-5-15(14)23(19)10-18(25)21-13-6-7-16-17(8-13)27-11-26-16/h2-8,12,24H,9-11H2,1H3,(H,20,22)(H,21,25)/t12-/m0/s1. The number of amides is 1. The van der Waals surface area contributed by atoms with E-state index >= 15 is 0 Å². The number of aromatic nitrogens is 2. The third-order valence-electron chi connectivity index (χ3n) is 4.17. The van der Waals surface area contributed by atoms with Crippen molar-refractivity contribution in [2.24, 2.45) is 0 Å². The molecule has 3 N–H and O–H groups in total. The summed E-state index contributed by atoms with van der Waals surface area (Å²) in [6, 6.07) is 12.8. The van der Waals surface area contributed by atoms with Gasteiger partial charge in [-0.2, -0.15) is 0 Å². The highest BCUT2D eigenvalue weighted by atomic mass is 16.7. The third kappa shape index (κ3) is 3.65. The van der Waals surface area contributed by atoms with Gasteiger partial charge in [0.25, 0.3) is 0 Å². The van der Waals surface area contributed by atoms with Crippen LogP contribution in [0.25, 0.3) is 11.0 Å². The molecular weight excluding hydrogens is 348 g/mol. The van der Waals surface area contributed by atoms with E-state index in [1.54, 1.807) is 29.7 Å². The number of nitrogens with zero attached hydrogens (tertiary/aromatic N) is 2. The Balaban J connectivity index is 1.54. The first-order valence-corrected chi connectivity index (χ1v) is 8.67. The summed E-state index contributed by atoms with van der Waals surface area (Å²) in [4.78, 5) is 17.1. The molecule has 0 unspecified atom stereocenters. The molecule has 1 aromatic heterocycles. The van der Waals surface area contributed by atoms with E-state index in [-0.39, 0.29) is 19.2 Å². The third-order valence-corrected chi connectivity index (χ3v) is 4.17. The normalized spacial score (nSPS) is 13.6. The van der Waals surface area contributed by atoms with Crippen molar-refractivity contribution in [3.63, 3.8) is 0 Å². The second-order valence-electron chi connectivity index (χ2n) is 6.36. The van der Waals surface area contributed by atoms with Gasteiger partial charge in [-0.15, -0.1) is 0 Å². The lowest BCUT2D eigenvalue weighted by Crippen LogP contribution is -2.22. The Labute approximate surface area is 155 Å². The predicted molar refractivity (Wildman–Crippen MR) is 101 cm³/mol. The number of carbonyl (C=O) groups is 1. The summed E-state index contributed by atoms with van der Waals surface area (Å²) in [5, 5.41) is 15.5. The Morgan fingerprint density at radius 3 is 2.93 bits per heavy atom. The Kier molecular flexibility index (Phi) is 4.55. The van der Waals surface area contributed by atoms with E-state index in [9.17, 15) is 9.90 Å². The summed E-state index contributed by atoms with van der Waals surface area (Å²) in [6.07, 6.45) is -0.527. The topological polar surface area (TPSA) is 97.6 Å². The number of benzene rings is 2. The van der Waals surface area contributed by atoms with Crippen molar-refractivity contribution in [2.75, 3.05) is 24.0 Å². The van der Waals surface area contributed by atoms with E-state index in [0.29, 0.717) is 29.7 Å². The molecule has 3 aromatic rings. The lowest BCUT2D eigenvalue weighted by molar-refractivity contribution is -0.116. The van der Waals surface area contributed by atoms with Crippen LogP contribution in [0.2, 0.25) is 0 Å². The zero-order valence-corrected chi connectivity index (χ0v) is 14.8. The number of carbonyl (C=O) groups excluding carboxylic acids is 1. The molecule has 27 heavy (non-hydrogen) atoms. The molecule has 0 saturated carbocycles. The van der Waals surface area contributed by atoms with Gasteiger partial charge in [-0.3, -0.25) is 4.79 Å². The molecule has 1 atom stereocenters. The molecule has 140 valence electrons. The van der Waals surface area contributed by atoms with E-state index in [2.05, 4.69) is 15.6 Å². The zero-order valence-electron chi connectivity index (χ0n) is 14.8. The van der Waals surface area contributed by atoms with Crippen LogP contribution in [0, 0.1) is 0 Å². The summed E-state index contributed by atoms with van der Waals surface area (Å²) in [5.74, 6) is 1.62. The van der Waals surface area contributed by atoms with Gasteiger partial charge in [0.2, 0.25) is 18.6 Å². The SMILES string of the molecule is C[C@H](O)CNc1nc2ccccc2n1CC(=O)Nc1ccc2c(c1)OCO2. The van der Waals surface area contributed by atoms with Crippen molar-refractivity contribution in [1.82, 2.24) is 9.55 Å². The van der Waals surface area contributed by atoms with Gasteiger partial charge >= 0.3 is 0 Å². The molecule has 0 spiro atoms. The highest BCUT2D eigenvalue weighted by Gasteiger charge is 2.16. The second kappa shape index (κ2) is 7.16. The monoisotopic (exact) mass is 368 g/mol. The molecule has 1 aliphatic rings. The van der Waals surface area contributed by atoms with Crippen LogP contribution in [0.15, 0.2) is 42.5 Å². The van der Waals surface area contributed by atoms with Crippen LogP contribution in [0.4, 0.5) is 11.6 Å². The molecule has 0 saturated heterocycles. The van der Waals surface area contributed by atoms with Gasteiger partial charge in [-0.05, 0) is 31.2 Å². The summed E-state index contributed by atoms with van der Waals surface area (Å²) in [6.45, 7) is 2.29. The number of rotatable bonds is 6. The Bertz CT molecular complexity index is 983. The number of ether oxygens (including phenoxy) is 2. The molecule has 0 bridgehead atoms. The Morgan fingerprint density at radius 1 is 1.26 bits per heavy atom. The van der Waals surface area contributed by atoms with Crippen LogP contribution in [-0.2, 0) is 11.3 Å². The largest absolute Gasteiger partial charge is 0.454 e. The average molecular weight is 368 g/mol. The van der Waals surface area contributed by atoms with Gasteiger partial charge < -0.3 is 29.8 Å². The van der Waals surface area contributed by atoms with Crippen LogP contribution in [0.3, 0.4) is 0 Å². The number of anilines is 2. The summed E-state index contributed by atoms with van der Waals surface area (Å²) in [7, 11) is 0. The van der Waals surface area contributed by atoms with Crippen LogP contribution in [0.1, 0.15) is 6.92 Å². The Hall–Kier alpha value is -3.26. The van der Waals surface area contributed by atoms with Gasteiger partial charge in [0.15, 0.2) is 11.5 Å². The Morgan fingerprint density at radius 2 is 2.07 bits per heavy atom. The number of para-hydroxylation sites is 2. The minimum Gasteiger partial charge on any atom is -0.454 e. The number of imidazole rings is 1. The van der Waals surface area contributed by atoms with Crippen molar-refractivity contribution >= 4 is 28.6 Å². The van der Waals surface area contributed by atoms with E-state index in [0.717, 1.165) is 11.0 Å². The minimum atomic E-state index is -0.527. The minimum absolute atomic E-state index is 0.0805. The summed E-state index contributed by atoms with van der Waals surface area (Å²) in [5.41, 5.74) is 2.25. The van der Waals surface area contributed by atoms with Gasteiger partial charge in [0.1, 0.15) is 6.54 Å². The molecule has 2 aromatic carbocycles. The van der Waals surface area contributed by atoms with Crippen LogP contribution < -0.4 is 20.1 Å². The van der Waals surface area contributed by atoms with Crippen LogP contribution >= 0.6 is 0 Å². The average Bonchev–Trinajstić information content (AvgIpc) is 3.24. The molecule has 2 heterocycles. The van der Waals surface area contributed by atoms with E-state index < -0.39 is 6.10 Å². The molecule has 1 amide bonds. The number of aliphatic hydroxyl groups excluding tert-OH is 1. The summed E-state index contributed by atoms with van der Waals surface area (Å²) < 4.78 is 12.4. The first kappa shape index (κ1) is 17.2. The predicted octanol–water partition coefficient (Wildman–Crippen LogP) is 2.20. The van der Waals surface area contributed by atoms with Gasteiger partial charge in [-0.1, -0.05) is 12.1 Å². The number of nitrogens with one attached hydrogen (secondary N) is 2. The molecule has 1 aliphatic heterocycles. The van der Waals surface area contributed by atoms with Gasteiger partial charge in [0, 0.05) is 18.3 Å². The van der Waals surface area contributed by atoms with E-state index in [1.165, 1.54) is 0 Å². The molecule has 0 fully saturated rings. The second-order valence-corrected chi connectivity index (χ2v) is 6.36. The van der Waals surface area contributed by atoms with Gasteiger partial charge in [-0.25, -0.2) is 4.98 Å². The van der Waals surface area contributed by atoms with Crippen molar-refractivity contribution in [3.05, 3.63) is 42.5 Å². The van der Waals surface area contributed by atoms with E-state index in [1.807, 2.05) is 24.3 Å². The number of hydrogen-bond acceptors (Lipinski definition) is 6. The molecule has 0 radical (unpaired) electrons. The zero-order chi connectivity index (χ0) is 18.8. The van der Waals surface area contributed by atoms with Gasteiger partial charge in [0.05, 0.1) is 17.1 Å². The highest BCUT2D eigenvalue weighted by Crippen LogP contribution is 2.34. The molecule has 0 aliphatic carbocycles. The summed E-state index contributed by atoms with van der Waals surface area (Å²) >= 11 is 0. The lowest BCUT2D eigenvalue weighted by atomic mass is 10.2. The number of fused-ring (bicyclic) bond motifs is 2. The fraction of sp³-hybridized carbons (Fsp3) is 0.263. The lowest BCUT2D eigenvalue weighted by Gasteiger charge is -2.12. The smallest absolute Gasteiger partial charge is 0.244 e. The van der Waals surface area contributed by atoms with Crippen molar-refractivity contribution in [1.29, 1.82) is 0 Å². The van der Waals surface area contributed by atoms with Crippen molar-refractivity contribution in [2.45, 2.75) is 19.6 Å². The fourth-order valence-corrected chi connectivity index (χ4v) is 2.93. The van der Waals surface area contributed by atoms with E-state index in [4.69, 9.17) is 9.47 Å². The fourth-order valence-electron chi connectivity index (χ4n) is 2.93. The molecule has 4 rings (SSSR count). The maximum absolute atomic E-state index is 12.6. The molecule has 8 heteroatoms. The first-order valence-electron chi connectivity index (χ1n) is 8.67. The molecular formula is C19H20N4O4. The highest BCUT2D eigenvalue weighted by molar-refractivity contribution is 5.92. The molecule has 8 nitrogen and oxygen atoms in total. The van der Waals surface area contributed by atoms with Crippen LogP contribution in [-0.4, -0.2) is 40.0 Å². The maximum atomic E-state index is 12.6. The quantitative estimate of drug-likeness (QED) is 0.617.